The number of rotatable bonds is 6. The lowest BCUT2D eigenvalue weighted by Gasteiger charge is -2.26. The maximum absolute atomic E-state index is 12.4. The molecule has 0 bridgehead atoms. The Bertz CT molecular complexity index is 487. The molecule has 2 rings (SSSR count). The van der Waals surface area contributed by atoms with Gasteiger partial charge in [0.15, 0.2) is 5.78 Å². The number of aliphatic carboxylic acids is 1. The summed E-state index contributed by atoms with van der Waals surface area (Å²) in [5.74, 6) is 0.118. The highest BCUT2D eigenvalue weighted by Crippen LogP contribution is 2.30. The summed E-state index contributed by atoms with van der Waals surface area (Å²) < 4.78 is 0. The van der Waals surface area contributed by atoms with E-state index in [1.807, 2.05) is 24.3 Å². The summed E-state index contributed by atoms with van der Waals surface area (Å²) >= 11 is 0. The SMILES string of the molecule is NCC1CCC(C(=O)c2ccc(CCC(=O)O)cc2)CC1. The Labute approximate surface area is 125 Å². The maximum Gasteiger partial charge on any atom is 0.303 e. The lowest BCUT2D eigenvalue weighted by molar-refractivity contribution is -0.136. The number of hydrogen-bond donors (Lipinski definition) is 2. The molecule has 4 nitrogen and oxygen atoms in total. The Balaban J connectivity index is 1.92. The van der Waals surface area contributed by atoms with Crippen molar-refractivity contribution in [2.24, 2.45) is 17.6 Å². The minimum atomic E-state index is -0.799. The molecule has 1 fully saturated rings. The zero-order chi connectivity index (χ0) is 15.2. The monoisotopic (exact) mass is 289 g/mol. The van der Waals surface area contributed by atoms with Crippen LogP contribution in [0.25, 0.3) is 0 Å². The molecule has 114 valence electrons. The van der Waals surface area contributed by atoms with E-state index in [0.717, 1.165) is 43.4 Å². The van der Waals surface area contributed by atoms with Gasteiger partial charge in [0.1, 0.15) is 0 Å². The third-order valence-corrected chi connectivity index (χ3v) is 4.42. The summed E-state index contributed by atoms with van der Waals surface area (Å²) in [6, 6.07) is 7.38. The average molecular weight is 289 g/mol. The molecule has 0 amide bonds. The zero-order valence-electron chi connectivity index (χ0n) is 12.3. The van der Waals surface area contributed by atoms with Crippen LogP contribution in [0, 0.1) is 11.8 Å². The quantitative estimate of drug-likeness (QED) is 0.789. The van der Waals surface area contributed by atoms with Crippen LogP contribution in [-0.2, 0) is 11.2 Å². The minimum absolute atomic E-state index is 0.121. The first-order valence-corrected chi connectivity index (χ1v) is 7.65. The molecule has 0 unspecified atom stereocenters. The lowest BCUT2D eigenvalue weighted by Crippen LogP contribution is -2.25. The van der Waals surface area contributed by atoms with Gasteiger partial charge in [-0.3, -0.25) is 9.59 Å². The van der Waals surface area contributed by atoms with E-state index in [4.69, 9.17) is 10.8 Å². The summed E-state index contributed by atoms with van der Waals surface area (Å²) in [6.45, 7) is 0.721. The van der Waals surface area contributed by atoms with Crippen molar-refractivity contribution in [3.63, 3.8) is 0 Å². The van der Waals surface area contributed by atoms with Gasteiger partial charge in [0, 0.05) is 17.9 Å². The first-order chi connectivity index (χ1) is 10.1. The van der Waals surface area contributed by atoms with Crippen LogP contribution in [0.15, 0.2) is 24.3 Å². The number of nitrogens with two attached hydrogens (primary N) is 1. The van der Waals surface area contributed by atoms with Crippen LogP contribution < -0.4 is 5.73 Å². The van der Waals surface area contributed by atoms with Gasteiger partial charge in [-0.2, -0.15) is 0 Å². The first-order valence-electron chi connectivity index (χ1n) is 7.65. The lowest BCUT2D eigenvalue weighted by atomic mass is 9.78. The molecular weight excluding hydrogens is 266 g/mol. The second-order valence-electron chi connectivity index (χ2n) is 5.91. The Hall–Kier alpha value is -1.68. The van der Waals surface area contributed by atoms with Crippen LogP contribution in [0.4, 0.5) is 0 Å². The van der Waals surface area contributed by atoms with Gasteiger partial charge in [-0.05, 0) is 50.1 Å². The van der Waals surface area contributed by atoms with Crippen molar-refractivity contribution in [1.82, 2.24) is 0 Å². The third-order valence-electron chi connectivity index (χ3n) is 4.42. The number of carbonyl (C=O) groups is 2. The third kappa shape index (κ3) is 4.39. The van der Waals surface area contributed by atoms with E-state index in [1.54, 1.807) is 0 Å². The summed E-state index contributed by atoms with van der Waals surface area (Å²) in [5.41, 5.74) is 7.38. The summed E-state index contributed by atoms with van der Waals surface area (Å²) in [6.07, 6.45) is 4.58. The smallest absolute Gasteiger partial charge is 0.303 e. The highest BCUT2D eigenvalue weighted by atomic mass is 16.4. The molecular formula is C17H23NO3. The molecule has 0 spiro atoms. The van der Waals surface area contributed by atoms with E-state index < -0.39 is 5.97 Å². The fourth-order valence-corrected chi connectivity index (χ4v) is 2.98. The molecule has 3 N–H and O–H groups in total. The second kappa shape index (κ2) is 7.36. The number of carbonyl (C=O) groups excluding carboxylic acids is 1. The summed E-state index contributed by atoms with van der Waals surface area (Å²) in [4.78, 5) is 23.0. The van der Waals surface area contributed by atoms with Gasteiger partial charge in [0.05, 0.1) is 0 Å². The van der Waals surface area contributed by atoms with Gasteiger partial charge >= 0.3 is 5.97 Å². The molecule has 1 aromatic rings. The van der Waals surface area contributed by atoms with E-state index in [1.165, 1.54) is 0 Å². The molecule has 1 aliphatic rings. The summed E-state index contributed by atoms with van der Waals surface area (Å²) in [7, 11) is 0. The molecule has 1 saturated carbocycles. The first kappa shape index (κ1) is 15.7. The topological polar surface area (TPSA) is 80.4 Å². The van der Waals surface area contributed by atoms with Crippen LogP contribution in [0.3, 0.4) is 0 Å². The Morgan fingerprint density at radius 1 is 1.10 bits per heavy atom. The molecule has 0 heterocycles. The van der Waals surface area contributed by atoms with Gasteiger partial charge in [0.2, 0.25) is 0 Å². The fraction of sp³-hybridized carbons (Fsp3) is 0.529. The number of ketones is 1. The summed E-state index contributed by atoms with van der Waals surface area (Å²) in [5, 5.41) is 8.67. The fourth-order valence-electron chi connectivity index (χ4n) is 2.98. The molecule has 0 aliphatic heterocycles. The van der Waals surface area contributed by atoms with Crippen molar-refractivity contribution in [2.45, 2.75) is 38.5 Å². The predicted molar refractivity (Wildman–Crippen MR) is 81.2 cm³/mol. The maximum atomic E-state index is 12.4. The predicted octanol–water partition coefficient (Wildman–Crippen LogP) is 2.65. The Morgan fingerprint density at radius 2 is 1.71 bits per heavy atom. The van der Waals surface area contributed by atoms with Crippen molar-refractivity contribution >= 4 is 11.8 Å². The zero-order valence-corrected chi connectivity index (χ0v) is 12.3. The van der Waals surface area contributed by atoms with E-state index in [2.05, 4.69) is 0 Å². The number of aryl methyl sites for hydroxylation is 1. The molecule has 0 aromatic heterocycles. The van der Waals surface area contributed by atoms with Gasteiger partial charge in [0.25, 0.3) is 0 Å². The van der Waals surface area contributed by atoms with Crippen LogP contribution in [-0.4, -0.2) is 23.4 Å². The standard InChI is InChI=1S/C17H23NO3/c18-11-13-3-8-15(9-4-13)17(21)14-6-1-12(2-7-14)5-10-16(19)20/h1-2,6-7,13,15H,3-5,8-11,18H2,(H,19,20). The highest BCUT2D eigenvalue weighted by Gasteiger charge is 2.26. The van der Waals surface area contributed by atoms with Gasteiger partial charge in [-0.15, -0.1) is 0 Å². The second-order valence-corrected chi connectivity index (χ2v) is 5.91. The Morgan fingerprint density at radius 3 is 2.24 bits per heavy atom. The van der Waals surface area contributed by atoms with Gasteiger partial charge in [-0.25, -0.2) is 0 Å². The molecule has 21 heavy (non-hydrogen) atoms. The number of Topliss-reactive ketones (excluding diaryl/α,β-unsaturated/α-hetero) is 1. The largest absolute Gasteiger partial charge is 0.481 e. The normalized spacial score (nSPS) is 22.0. The van der Waals surface area contributed by atoms with Crippen LogP contribution in [0.1, 0.15) is 48.0 Å². The van der Waals surface area contributed by atoms with Crippen molar-refractivity contribution in [3.05, 3.63) is 35.4 Å². The van der Waals surface area contributed by atoms with Crippen molar-refractivity contribution < 1.29 is 14.7 Å². The molecule has 0 saturated heterocycles. The van der Waals surface area contributed by atoms with Crippen LogP contribution >= 0.6 is 0 Å². The Kier molecular flexibility index (Phi) is 5.51. The van der Waals surface area contributed by atoms with Crippen LogP contribution in [0.2, 0.25) is 0 Å². The van der Waals surface area contributed by atoms with E-state index >= 15 is 0 Å². The number of carboxylic acid groups (broad SMARTS) is 1. The molecule has 0 radical (unpaired) electrons. The van der Waals surface area contributed by atoms with E-state index in [0.29, 0.717) is 12.3 Å². The highest BCUT2D eigenvalue weighted by molar-refractivity contribution is 5.97. The average Bonchev–Trinajstić information content (AvgIpc) is 2.53. The van der Waals surface area contributed by atoms with Crippen molar-refractivity contribution in [2.75, 3.05) is 6.54 Å². The van der Waals surface area contributed by atoms with Crippen molar-refractivity contribution in [1.29, 1.82) is 0 Å². The van der Waals surface area contributed by atoms with E-state index in [9.17, 15) is 9.59 Å². The minimum Gasteiger partial charge on any atom is -0.481 e. The van der Waals surface area contributed by atoms with Crippen LogP contribution in [0.5, 0.6) is 0 Å². The molecule has 4 heteroatoms. The number of benzene rings is 1. The van der Waals surface area contributed by atoms with Gasteiger partial charge in [-0.1, -0.05) is 24.3 Å². The molecule has 0 atom stereocenters. The number of carboxylic acids is 1. The molecule has 1 aromatic carbocycles. The number of hydrogen-bond acceptors (Lipinski definition) is 3. The van der Waals surface area contributed by atoms with Crippen molar-refractivity contribution in [3.8, 4) is 0 Å². The van der Waals surface area contributed by atoms with Gasteiger partial charge < -0.3 is 10.8 Å². The van der Waals surface area contributed by atoms with E-state index in [-0.39, 0.29) is 18.1 Å². The molecule has 1 aliphatic carbocycles.